The van der Waals surface area contributed by atoms with Crippen molar-refractivity contribution in [3.63, 3.8) is 0 Å². The fourth-order valence-electron chi connectivity index (χ4n) is 2.71. The number of aromatic nitrogens is 4. The molecular formula is C21H21N5O3. The molecule has 29 heavy (non-hydrogen) atoms. The molecule has 8 heteroatoms. The molecule has 1 aromatic carbocycles. The Kier molecular flexibility index (Phi) is 6.36. The Morgan fingerprint density at radius 3 is 2.69 bits per heavy atom. The van der Waals surface area contributed by atoms with Crippen molar-refractivity contribution in [2.75, 3.05) is 5.32 Å². The van der Waals surface area contributed by atoms with Crippen LogP contribution in [0.2, 0.25) is 0 Å². The number of pyridine rings is 2. The Balaban J connectivity index is 0.000000755. The highest BCUT2D eigenvalue weighted by Gasteiger charge is 2.06. The maximum Gasteiger partial charge on any atom is 0.290 e. The molecule has 0 saturated heterocycles. The Morgan fingerprint density at radius 2 is 2.00 bits per heavy atom. The standard InChI is InChI=1S/C20H19N5O.CH2O2/c1-13-3-4-17(11-22-13)24-20-19-6-5-18(9-15(19)7-8-21-20)26-12-16-10-23-25-14(16)2;2-1-3/h3-11H,12H2,1-2H3,(H,21,24)(H,23,25);1H,(H,2,3). The number of anilines is 2. The van der Waals surface area contributed by atoms with E-state index in [1.807, 2.05) is 56.4 Å². The molecule has 0 atom stereocenters. The van der Waals surface area contributed by atoms with E-state index in [0.29, 0.717) is 6.61 Å². The van der Waals surface area contributed by atoms with Gasteiger partial charge in [-0.1, -0.05) is 0 Å². The van der Waals surface area contributed by atoms with E-state index < -0.39 is 0 Å². The van der Waals surface area contributed by atoms with Gasteiger partial charge in [0, 0.05) is 29.0 Å². The lowest BCUT2D eigenvalue weighted by atomic mass is 10.1. The van der Waals surface area contributed by atoms with Crippen LogP contribution >= 0.6 is 0 Å². The molecule has 0 aliphatic carbocycles. The van der Waals surface area contributed by atoms with E-state index in [-0.39, 0.29) is 6.47 Å². The van der Waals surface area contributed by atoms with Crippen molar-refractivity contribution in [1.29, 1.82) is 0 Å². The van der Waals surface area contributed by atoms with Gasteiger partial charge in [-0.25, -0.2) is 4.98 Å². The number of carboxylic acid groups (broad SMARTS) is 1. The Hall–Kier alpha value is -3.94. The molecule has 4 aromatic rings. The molecule has 3 N–H and O–H groups in total. The van der Waals surface area contributed by atoms with Crippen molar-refractivity contribution in [1.82, 2.24) is 20.2 Å². The lowest BCUT2D eigenvalue weighted by Gasteiger charge is -2.11. The lowest BCUT2D eigenvalue weighted by Crippen LogP contribution is -1.97. The monoisotopic (exact) mass is 391 g/mol. The minimum Gasteiger partial charge on any atom is -0.489 e. The van der Waals surface area contributed by atoms with Gasteiger partial charge in [0.25, 0.3) is 6.47 Å². The summed E-state index contributed by atoms with van der Waals surface area (Å²) in [7, 11) is 0. The van der Waals surface area contributed by atoms with Gasteiger partial charge >= 0.3 is 0 Å². The second-order valence-corrected chi connectivity index (χ2v) is 6.25. The van der Waals surface area contributed by atoms with Crippen LogP contribution in [-0.4, -0.2) is 31.7 Å². The van der Waals surface area contributed by atoms with Gasteiger partial charge < -0.3 is 15.2 Å². The van der Waals surface area contributed by atoms with Gasteiger partial charge in [-0.2, -0.15) is 5.10 Å². The topological polar surface area (TPSA) is 113 Å². The number of nitrogens with zero attached hydrogens (tertiary/aromatic N) is 3. The van der Waals surface area contributed by atoms with E-state index in [4.69, 9.17) is 14.6 Å². The average molecular weight is 391 g/mol. The third kappa shape index (κ3) is 5.07. The minimum atomic E-state index is -0.250. The van der Waals surface area contributed by atoms with Gasteiger partial charge in [-0.3, -0.25) is 14.9 Å². The van der Waals surface area contributed by atoms with Crippen molar-refractivity contribution in [2.45, 2.75) is 20.5 Å². The summed E-state index contributed by atoms with van der Waals surface area (Å²) in [6, 6.07) is 11.9. The van der Waals surface area contributed by atoms with Gasteiger partial charge in [0.05, 0.1) is 17.6 Å². The lowest BCUT2D eigenvalue weighted by molar-refractivity contribution is -0.122. The normalized spacial score (nSPS) is 10.1. The number of fused-ring (bicyclic) bond motifs is 1. The molecule has 0 radical (unpaired) electrons. The number of aromatic amines is 1. The van der Waals surface area contributed by atoms with Crippen molar-refractivity contribution in [3.8, 4) is 5.75 Å². The number of H-pyrrole nitrogens is 1. The highest BCUT2D eigenvalue weighted by atomic mass is 16.5. The molecule has 0 bridgehead atoms. The molecule has 3 aromatic heterocycles. The SMILES string of the molecule is Cc1ccc(Nc2nccc3cc(OCc4c[nH]nc4C)ccc23)cn1.O=CO. The third-order valence-electron chi connectivity index (χ3n) is 4.24. The molecule has 3 heterocycles. The number of carbonyl (C=O) groups is 1. The van der Waals surface area contributed by atoms with Gasteiger partial charge in [0.1, 0.15) is 18.2 Å². The van der Waals surface area contributed by atoms with Gasteiger partial charge in [0.2, 0.25) is 0 Å². The van der Waals surface area contributed by atoms with Crippen molar-refractivity contribution < 1.29 is 14.6 Å². The van der Waals surface area contributed by atoms with Crippen LogP contribution in [0.25, 0.3) is 10.8 Å². The summed E-state index contributed by atoms with van der Waals surface area (Å²) in [5, 5.41) is 19.3. The second-order valence-electron chi connectivity index (χ2n) is 6.25. The van der Waals surface area contributed by atoms with Crippen LogP contribution < -0.4 is 10.1 Å². The third-order valence-corrected chi connectivity index (χ3v) is 4.24. The predicted octanol–water partition coefficient (Wildman–Crippen LogP) is 3.99. The highest BCUT2D eigenvalue weighted by Crippen LogP contribution is 2.28. The van der Waals surface area contributed by atoms with Crippen molar-refractivity contribution >= 4 is 28.7 Å². The molecule has 0 unspecified atom stereocenters. The van der Waals surface area contributed by atoms with E-state index >= 15 is 0 Å². The molecule has 0 fully saturated rings. The maximum atomic E-state index is 8.36. The summed E-state index contributed by atoms with van der Waals surface area (Å²) < 4.78 is 5.90. The number of aryl methyl sites for hydroxylation is 2. The summed E-state index contributed by atoms with van der Waals surface area (Å²) in [6.45, 7) is 4.16. The number of rotatable bonds is 5. The van der Waals surface area contributed by atoms with Gasteiger partial charge in [-0.15, -0.1) is 0 Å². The van der Waals surface area contributed by atoms with E-state index in [0.717, 1.165) is 45.0 Å². The van der Waals surface area contributed by atoms with Crippen LogP contribution in [0.1, 0.15) is 17.0 Å². The quantitative estimate of drug-likeness (QED) is 0.441. The largest absolute Gasteiger partial charge is 0.489 e. The molecule has 0 aliphatic rings. The van der Waals surface area contributed by atoms with E-state index in [9.17, 15) is 0 Å². The molecule has 4 rings (SSSR count). The molecule has 148 valence electrons. The van der Waals surface area contributed by atoms with Crippen LogP contribution in [0.3, 0.4) is 0 Å². The number of hydrogen-bond donors (Lipinski definition) is 3. The first kappa shape index (κ1) is 19.8. The second kappa shape index (κ2) is 9.32. The smallest absolute Gasteiger partial charge is 0.290 e. The zero-order valence-electron chi connectivity index (χ0n) is 16.1. The Morgan fingerprint density at radius 1 is 1.17 bits per heavy atom. The summed E-state index contributed by atoms with van der Waals surface area (Å²) >= 11 is 0. The average Bonchev–Trinajstić information content (AvgIpc) is 3.13. The van der Waals surface area contributed by atoms with Crippen LogP contribution in [0.5, 0.6) is 5.75 Å². The van der Waals surface area contributed by atoms with E-state index in [1.54, 1.807) is 12.4 Å². The highest BCUT2D eigenvalue weighted by molar-refractivity contribution is 5.94. The summed E-state index contributed by atoms with van der Waals surface area (Å²) in [4.78, 5) is 17.1. The van der Waals surface area contributed by atoms with E-state index in [2.05, 4.69) is 25.5 Å². The molecule has 0 aliphatic heterocycles. The molecule has 0 saturated carbocycles. The first-order valence-electron chi connectivity index (χ1n) is 8.89. The Bertz CT molecular complexity index is 1090. The van der Waals surface area contributed by atoms with Gasteiger partial charge in [0.15, 0.2) is 0 Å². The van der Waals surface area contributed by atoms with Gasteiger partial charge in [-0.05, 0) is 55.6 Å². The fourth-order valence-corrected chi connectivity index (χ4v) is 2.71. The minimum absolute atomic E-state index is 0.250. The summed E-state index contributed by atoms with van der Waals surface area (Å²) in [5.41, 5.74) is 3.89. The van der Waals surface area contributed by atoms with Crippen LogP contribution in [0.15, 0.2) is 55.0 Å². The van der Waals surface area contributed by atoms with E-state index in [1.165, 1.54) is 0 Å². The van der Waals surface area contributed by atoms with Crippen molar-refractivity contribution in [3.05, 3.63) is 71.9 Å². The molecular weight excluding hydrogens is 370 g/mol. The summed E-state index contributed by atoms with van der Waals surface area (Å²) in [6.07, 6.45) is 5.45. The number of nitrogens with one attached hydrogen (secondary N) is 2. The Labute approximate surface area is 167 Å². The molecule has 0 amide bonds. The van der Waals surface area contributed by atoms with Crippen LogP contribution in [-0.2, 0) is 11.4 Å². The predicted molar refractivity (Wildman–Crippen MR) is 110 cm³/mol. The first-order chi connectivity index (χ1) is 14.1. The zero-order valence-corrected chi connectivity index (χ0v) is 16.1. The van der Waals surface area contributed by atoms with Crippen molar-refractivity contribution in [2.24, 2.45) is 0 Å². The van der Waals surface area contributed by atoms with Crippen LogP contribution in [0.4, 0.5) is 11.5 Å². The zero-order chi connectivity index (χ0) is 20.6. The number of benzene rings is 1. The number of hydrogen-bond acceptors (Lipinski definition) is 6. The summed E-state index contributed by atoms with van der Waals surface area (Å²) in [5.74, 6) is 1.61. The van der Waals surface area contributed by atoms with Crippen LogP contribution in [0, 0.1) is 13.8 Å². The number of ether oxygens (including phenoxy) is 1. The fraction of sp³-hybridized carbons (Fsp3) is 0.143. The molecule has 8 nitrogen and oxygen atoms in total. The maximum absolute atomic E-state index is 8.36. The molecule has 0 spiro atoms. The first-order valence-corrected chi connectivity index (χ1v) is 8.89.